The van der Waals surface area contributed by atoms with Crippen LogP contribution in [0.2, 0.25) is 0 Å². The van der Waals surface area contributed by atoms with E-state index >= 15 is 0 Å². The summed E-state index contributed by atoms with van der Waals surface area (Å²) >= 11 is 4.83. The first-order valence-electron chi connectivity index (χ1n) is 3.20. The summed E-state index contributed by atoms with van der Waals surface area (Å²) in [5, 5.41) is 0. The molecule has 3 nitrogen and oxygen atoms in total. The van der Waals surface area contributed by atoms with Gasteiger partial charge < -0.3 is 15.7 Å². The van der Waals surface area contributed by atoms with Crippen LogP contribution in [0.5, 0.6) is 0 Å². The van der Waals surface area contributed by atoms with Gasteiger partial charge in [0.1, 0.15) is 0 Å². The molecule has 1 heterocycles. The normalized spacial score (nSPS) is 13.4. The zero-order valence-corrected chi connectivity index (χ0v) is 6.66. The predicted molar refractivity (Wildman–Crippen MR) is 43.3 cm³/mol. The van der Waals surface area contributed by atoms with Crippen molar-refractivity contribution in [2.75, 3.05) is 0 Å². The average Bonchev–Trinajstić information content (AvgIpc) is 2.13. The van der Waals surface area contributed by atoms with Crippen LogP contribution in [0, 0.1) is 4.77 Å². The van der Waals surface area contributed by atoms with Crippen molar-refractivity contribution in [2.24, 2.45) is 5.73 Å². The van der Waals surface area contributed by atoms with E-state index in [0.717, 1.165) is 12.1 Å². The van der Waals surface area contributed by atoms with Crippen LogP contribution in [-0.2, 0) is 6.42 Å². The molecule has 0 amide bonds. The number of hydrogen-bond acceptors (Lipinski definition) is 2. The first-order chi connectivity index (χ1) is 4.68. The Bertz CT molecular complexity index is 247. The fourth-order valence-corrected chi connectivity index (χ4v) is 1.02. The number of aromatic amines is 2. The van der Waals surface area contributed by atoms with Crippen LogP contribution < -0.4 is 5.73 Å². The minimum atomic E-state index is 0.182. The molecule has 0 aliphatic heterocycles. The summed E-state index contributed by atoms with van der Waals surface area (Å²) in [6.45, 7) is 1.96. The molecule has 0 aromatic carbocycles. The molecule has 4 heteroatoms. The molecule has 4 N–H and O–H groups in total. The van der Waals surface area contributed by atoms with E-state index < -0.39 is 0 Å². The van der Waals surface area contributed by atoms with E-state index in [-0.39, 0.29) is 6.04 Å². The minimum absolute atomic E-state index is 0.182. The molecule has 0 saturated heterocycles. The highest BCUT2D eigenvalue weighted by atomic mass is 32.1. The van der Waals surface area contributed by atoms with E-state index in [2.05, 4.69) is 9.97 Å². The van der Waals surface area contributed by atoms with Crippen LogP contribution in [0.4, 0.5) is 0 Å². The lowest BCUT2D eigenvalue weighted by molar-refractivity contribution is 0.725. The maximum absolute atomic E-state index is 5.57. The van der Waals surface area contributed by atoms with Gasteiger partial charge in [0, 0.05) is 24.4 Å². The van der Waals surface area contributed by atoms with Crippen LogP contribution in [0.15, 0.2) is 6.20 Å². The molecule has 0 radical (unpaired) electrons. The highest BCUT2D eigenvalue weighted by Gasteiger charge is 1.97. The third-order valence-electron chi connectivity index (χ3n) is 1.19. The first kappa shape index (κ1) is 7.50. The summed E-state index contributed by atoms with van der Waals surface area (Å²) in [7, 11) is 0. The Morgan fingerprint density at radius 2 is 2.50 bits per heavy atom. The third-order valence-corrected chi connectivity index (χ3v) is 1.41. The molecule has 1 rings (SSSR count). The average molecular weight is 157 g/mol. The zero-order valence-electron chi connectivity index (χ0n) is 5.85. The van der Waals surface area contributed by atoms with Crippen molar-refractivity contribution in [3.63, 3.8) is 0 Å². The third kappa shape index (κ3) is 1.97. The van der Waals surface area contributed by atoms with Crippen molar-refractivity contribution in [3.8, 4) is 0 Å². The fourth-order valence-electron chi connectivity index (χ4n) is 0.827. The van der Waals surface area contributed by atoms with Gasteiger partial charge in [-0.15, -0.1) is 0 Å². The standard InChI is InChI=1S/C6H11N3S/c1-4(7)2-5-3-8-6(10)9-5/h3-4H,2,7H2,1H3,(H2,8,9,10). The van der Waals surface area contributed by atoms with Gasteiger partial charge in [-0.05, 0) is 19.1 Å². The molecule has 1 atom stereocenters. The van der Waals surface area contributed by atoms with Crippen LogP contribution in [0.1, 0.15) is 12.6 Å². The van der Waals surface area contributed by atoms with Gasteiger partial charge in [-0.3, -0.25) is 0 Å². The van der Waals surface area contributed by atoms with Gasteiger partial charge in [-0.2, -0.15) is 0 Å². The van der Waals surface area contributed by atoms with Crippen LogP contribution in [0.3, 0.4) is 0 Å². The van der Waals surface area contributed by atoms with E-state index in [1.807, 2.05) is 13.1 Å². The largest absolute Gasteiger partial charge is 0.337 e. The first-order valence-corrected chi connectivity index (χ1v) is 3.61. The number of aromatic nitrogens is 2. The molecule has 0 fully saturated rings. The lowest BCUT2D eigenvalue weighted by Crippen LogP contribution is -2.17. The van der Waals surface area contributed by atoms with Gasteiger partial charge in [-0.25, -0.2) is 0 Å². The molecular formula is C6H11N3S. The molecule has 1 aromatic rings. The van der Waals surface area contributed by atoms with Gasteiger partial charge in [0.2, 0.25) is 0 Å². The topological polar surface area (TPSA) is 57.6 Å². The number of nitrogens with one attached hydrogen (secondary N) is 2. The molecule has 0 aliphatic rings. The minimum Gasteiger partial charge on any atom is -0.337 e. The zero-order chi connectivity index (χ0) is 7.56. The molecule has 0 saturated carbocycles. The van der Waals surface area contributed by atoms with Crippen LogP contribution in [-0.4, -0.2) is 16.0 Å². The summed E-state index contributed by atoms with van der Waals surface area (Å²) in [4.78, 5) is 5.86. The van der Waals surface area contributed by atoms with E-state index in [1.54, 1.807) is 0 Å². The molecule has 1 aromatic heterocycles. The lowest BCUT2D eigenvalue weighted by Gasteiger charge is -1.99. The molecular weight excluding hydrogens is 146 g/mol. The lowest BCUT2D eigenvalue weighted by atomic mass is 10.2. The second-order valence-corrected chi connectivity index (χ2v) is 2.86. The van der Waals surface area contributed by atoms with Crippen LogP contribution >= 0.6 is 12.2 Å². The highest BCUT2D eigenvalue weighted by molar-refractivity contribution is 7.71. The molecule has 56 valence electrons. The Labute approximate surface area is 64.7 Å². The maximum Gasteiger partial charge on any atom is 0.174 e. The van der Waals surface area contributed by atoms with Crippen molar-refractivity contribution in [2.45, 2.75) is 19.4 Å². The van der Waals surface area contributed by atoms with Gasteiger partial charge in [0.05, 0.1) is 0 Å². The summed E-state index contributed by atoms with van der Waals surface area (Å²) in [6.07, 6.45) is 2.69. The molecule has 0 aliphatic carbocycles. The molecule has 10 heavy (non-hydrogen) atoms. The van der Waals surface area contributed by atoms with Crippen molar-refractivity contribution in [3.05, 3.63) is 16.7 Å². The number of rotatable bonds is 2. The van der Waals surface area contributed by atoms with Gasteiger partial charge in [0.15, 0.2) is 4.77 Å². The van der Waals surface area contributed by atoms with E-state index in [4.69, 9.17) is 18.0 Å². The number of nitrogens with two attached hydrogens (primary N) is 1. The summed E-state index contributed by atoms with van der Waals surface area (Å²) in [5.74, 6) is 0. The van der Waals surface area contributed by atoms with Gasteiger partial charge in [0.25, 0.3) is 0 Å². The van der Waals surface area contributed by atoms with E-state index in [0.29, 0.717) is 4.77 Å². The second-order valence-electron chi connectivity index (χ2n) is 2.45. The predicted octanol–water partition coefficient (Wildman–Crippen LogP) is 0.962. The van der Waals surface area contributed by atoms with Crippen molar-refractivity contribution >= 4 is 12.2 Å². The highest BCUT2D eigenvalue weighted by Crippen LogP contribution is 1.95. The SMILES string of the molecule is CC(N)Cc1c[nH]c(=S)[nH]1. The Morgan fingerprint density at radius 1 is 1.80 bits per heavy atom. The Hall–Kier alpha value is -0.610. The monoisotopic (exact) mass is 157 g/mol. The number of H-pyrrole nitrogens is 2. The summed E-state index contributed by atoms with van der Waals surface area (Å²) < 4.78 is 0.663. The maximum atomic E-state index is 5.57. The van der Waals surface area contributed by atoms with E-state index in [1.165, 1.54) is 0 Å². The quantitative estimate of drug-likeness (QED) is 0.560. The number of imidazole rings is 1. The molecule has 0 spiro atoms. The van der Waals surface area contributed by atoms with Gasteiger partial charge in [-0.1, -0.05) is 0 Å². The second kappa shape index (κ2) is 2.98. The summed E-state index contributed by atoms with van der Waals surface area (Å²) in [5.41, 5.74) is 6.64. The fraction of sp³-hybridized carbons (Fsp3) is 0.500. The molecule has 1 unspecified atom stereocenters. The molecule has 0 bridgehead atoms. The van der Waals surface area contributed by atoms with Gasteiger partial charge >= 0.3 is 0 Å². The van der Waals surface area contributed by atoms with Crippen molar-refractivity contribution < 1.29 is 0 Å². The Morgan fingerprint density at radius 3 is 2.90 bits per heavy atom. The van der Waals surface area contributed by atoms with Crippen molar-refractivity contribution in [1.82, 2.24) is 9.97 Å². The Kier molecular flexibility index (Phi) is 2.24. The van der Waals surface area contributed by atoms with E-state index in [9.17, 15) is 0 Å². The van der Waals surface area contributed by atoms with Crippen LogP contribution in [0.25, 0.3) is 0 Å². The number of hydrogen-bond donors (Lipinski definition) is 3. The Balaban J connectivity index is 2.67. The summed E-state index contributed by atoms with van der Waals surface area (Å²) in [6, 6.07) is 0.182. The smallest absolute Gasteiger partial charge is 0.174 e. The van der Waals surface area contributed by atoms with Crippen molar-refractivity contribution in [1.29, 1.82) is 0 Å².